The molecule has 0 aliphatic carbocycles. The zero-order chi connectivity index (χ0) is 13.5. The van der Waals surface area contributed by atoms with Crippen LogP contribution in [0.15, 0.2) is 18.3 Å². The van der Waals surface area contributed by atoms with Crippen LogP contribution in [0.25, 0.3) is 0 Å². The van der Waals surface area contributed by atoms with Gasteiger partial charge in [0.1, 0.15) is 11.8 Å². The minimum atomic E-state index is 0.493. The van der Waals surface area contributed by atoms with Gasteiger partial charge >= 0.3 is 0 Å². The normalized spacial score (nSPS) is 10.7. The summed E-state index contributed by atoms with van der Waals surface area (Å²) in [5.41, 5.74) is 1.61. The third kappa shape index (κ3) is 3.73. The van der Waals surface area contributed by atoms with Gasteiger partial charge in [-0.25, -0.2) is 4.98 Å². The number of anilines is 1. The van der Waals surface area contributed by atoms with E-state index in [1.807, 2.05) is 12.1 Å². The molecule has 0 aliphatic rings. The zero-order valence-electron chi connectivity index (χ0n) is 11.8. The highest BCUT2D eigenvalue weighted by Crippen LogP contribution is 2.22. The number of aromatic nitrogens is 1. The van der Waals surface area contributed by atoms with Gasteiger partial charge in [-0.2, -0.15) is 5.26 Å². The SMILES string of the molecule is CCC(CC)N(CC(C)C)c1ccnc(C#N)c1. The molecule has 1 rings (SSSR count). The fourth-order valence-electron chi connectivity index (χ4n) is 2.25. The molecule has 0 spiro atoms. The number of pyridine rings is 1. The Morgan fingerprint density at radius 1 is 1.33 bits per heavy atom. The van der Waals surface area contributed by atoms with Gasteiger partial charge in [0.2, 0.25) is 0 Å². The van der Waals surface area contributed by atoms with Crippen molar-refractivity contribution in [3.8, 4) is 6.07 Å². The van der Waals surface area contributed by atoms with Crippen molar-refractivity contribution in [2.75, 3.05) is 11.4 Å². The van der Waals surface area contributed by atoms with Crippen LogP contribution in [-0.2, 0) is 0 Å². The second kappa shape index (κ2) is 7.00. The summed E-state index contributed by atoms with van der Waals surface area (Å²) in [7, 11) is 0. The fraction of sp³-hybridized carbons (Fsp3) is 0.600. The van der Waals surface area contributed by atoms with Gasteiger partial charge in [-0.1, -0.05) is 27.7 Å². The first-order valence-corrected chi connectivity index (χ1v) is 6.75. The Morgan fingerprint density at radius 3 is 2.50 bits per heavy atom. The molecule has 0 saturated carbocycles. The van der Waals surface area contributed by atoms with Gasteiger partial charge < -0.3 is 4.90 Å². The van der Waals surface area contributed by atoms with Crippen molar-refractivity contribution in [1.82, 2.24) is 4.98 Å². The van der Waals surface area contributed by atoms with Gasteiger partial charge in [0, 0.05) is 24.5 Å². The maximum absolute atomic E-state index is 8.95. The van der Waals surface area contributed by atoms with E-state index in [1.165, 1.54) is 0 Å². The molecular formula is C15H23N3. The van der Waals surface area contributed by atoms with Crippen molar-refractivity contribution < 1.29 is 0 Å². The third-order valence-corrected chi connectivity index (χ3v) is 3.13. The van der Waals surface area contributed by atoms with Crippen LogP contribution in [0, 0.1) is 17.2 Å². The maximum Gasteiger partial charge on any atom is 0.142 e. The Bertz CT molecular complexity index is 402. The molecule has 0 aliphatic heterocycles. The van der Waals surface area contributed by atoms with Gasteiger partial charge in [0.05, 0.1) is 0 Å². The van der Waals surface area contributed by atoms with Crippen LogP contribution in [0.3, 0.4) is 0 Å². The van der Waals surface area contributed by atoms with Crippen molar-refractivity contribution in [3.05, 3.63) is 24.0 Å². The van der Waals surface area contributed by atoms with E-state index in [0.717, 1.165) is 25.1 Å². The molecule has 0 saturated heterocycles. The number of hydrogen-bond donors (Lipinski definition) is 0. The zero-order valence-corrected chi connectivity index (χ0v) is 11.8. The average molecular weight is 245 g/mol. The standard InChI is InChI=1S/C15H23N3/c1-5-14(6-2)18(11-12(3)4)15-7-8-17-13(9-15)10-16/h7-9,12,14H,5-6,11H2,1-4H3. The second-order valence-electron chi connectivity index (χ2n) is 5.03. The predicted molar refractivity (Wildman–Crippen MR) is 75.5 cm³/mol. The molecule has 0 N–H and O–H groups in total. The summed E-state index contributed by atoms with van der Waals surface area (Å²) in [4.78, 5) is 6.45. The fourth-order valence-corrected chi connectivity index (χ4v) is 2.25. The summed E-state index contributed by atoms with van der Waals surface area (Å²) in [5.74, 6) is 0.601. The molecule has 1 heterocycles. The monoisotopic (exact) mass is 245 g/mol. The van der Waals surface area contributed by atoms with E-state index >= 15 is 0 Å². The van der Waals surface area contributed by atoms with E-state index in [9.17, 15) is 0 Å². The minimum absolute atomic E-state index is 0.493. The number of rotatable bonds is 6. The molecule has 3 heteroatoms. The Kier molecular flexibility index (Phi) is 5.64. The van der Waals surface area contributed by atoms with Gasteiger partial charge in [0.15, 0.2) is 0 Å². The Labute approximate surface area is 110 Å². The Balaban J connectivity index is 3.04. The summed E-state index contributed by atoms with van der Waals surface area (Å²) >= 11 is 0. The van der Waals surface area contributed by atoms with Crippen LogP contribution in [-0.4, -0.2) is 17.6 Å². The predicted octanol–water partition coefficient (Wildman–Crippen LogP) is 3.60. The molecule has 0 unspecified atom stereocenters. The van der Waals surface area contributed by atoms with Gasteiger partial charge in [-0.3, -0.25) is 0 Å². The largest absolute Gasteiger partial charge is 0.368 e. The van der Waals surface area contributed by atoms with Crippen LogP contribution >= 0.6 is 0 Å². The molecule has 0 fully saturated rings. The molecule has 0 amide bonds. The van der Waals surface area contributed by atoms with Crippen LogP contribution in [0.1, 0.15) is 46.2 Å². The van der Waals surface area contributed by atoms with Crippen molar-refractivity contribution in [2.24, 2.45) is 5.92 Å². The van der Waals surface area contributed by atoms with Crippen LogP contribution in [0.2, 0.25) is 0 Å². The summed E-state index contributed by atoms with van der Waals surface area (Å²) in [5, 5.41) is 8.95. The highest BCUT2D eigenvalue weighted by molar-refractivity contribution is 5.49. The van der Waals surface area contributed by atoms with Crippen molar-refractivity contribution in [2.45, 2.75) is 46.6 Å². The first kappa shape index (κ1) is 14.5. The molecular weight excluding hydrogens is 222 g/mol. The molecule has 1 aromatic rings. The van der Waals surface area contributed by atoms with Crippen LogP contribution < -0.4 is 4.90 Å². The molecule has 0 aromatic carbocycles. The van der Waals surface area contributed by atoms with Crippen LogP contribution in [0.5, 0.6) is 0 Å². The first-order valence-electron chi connectivity index (χ1n) is 6.75. The molecule has 98 valence electrons. The van der Waals surface area contributed by atoms with Crippen molar-refractivity contribution in [1.29, 1.82) is 5.26 Å². The van der Waals surface area contributed by atoms with Crippen molar-refractivity contribution >= 4 is 5.69 Å². The van der Waals surface area contributed by atoms with Gasteiger partial charge in [-0.05, 0) is 30.9 Å². The van der Waals surface area contributed by atoms with E-state index in [0.29, 0.717) is 17.7 Å². The highest BCUT2D eigenvalue weighted by atomic mass is 15.2. The minimum Gasteiger partial charge on any atom is -0.368 e. The molecule has 1 aromatic heterocycles. The average Bonchev–Trinajstić information content (AvgIpc) is 2.38. The lowest BCUT2D eigenvalue weighted by molar-refractivity contribution is 0.507. The lowest BCUT2D eigenvalue weighted by atomic mass is 10.1. The Morgan fingerprint density at radius 2 is 2.00 bits per heavy atom. The van der Waals surface area contributed by atoms with Gasteiger partial charge in [-0.15, -0.1) is 0 Å². The summed E-state index contributed by atoms with van der Waals surface area (Å²) in [6, 6.07) is 6.53. The molecule has 3 nitrogen and oxygen atoms in total. The summed E-state index contributed by atoms with van der Waals surface area (Å²) < 4.78 is 0. The van der Waals surface area contributed by atoms with E-state index < -0.39 is 0 Å². The number of nitriles is 1. The van der Waals surface area contributed by atoms with Gasteiger partial charge in [0.25, 0.3) is 0 Å². The Hall–Kier alpha value is -1.56. The third-order valence-electron chi connectivity index (χ3n) is 3.13. The maximum atomic E-state index is 8.95. The van der Waals surface area contributed by atoms with E-state index in [1.54, 1.807) is 6.20 Å². The summed E-state index contributed by atoms with van der Waals surface area (Å²) in [6.45, 7) is 9.90. The van der Waals surface area contributed by atoms with Crippen LogP contribution in [0.4, 0.5) is 5.69 Å². The first-order chi connectivity index (χ1) is 8.62. The molecule has 18 heavy (non-hydrogen) atoms. The molecule has 0 bridgehead atoms. The van der Waals surface area contributed by atoms with Crippen molar-refractivity contribution in [3.63, 3.8) is 0 Å². The second-order valence-corrected chi connectivity index (χ2v) is 5.03. The molecule has 0 radical (unpaired) electrons. The highest BCUT2D eigenvalue weighted by Gasteiger charge is 2.17. The molecule has 0 atom stereocenters. The van der Waals surface area contributed by atoms with E-state index in [4.69, 9.17) is 5.26 Å². The topological polar surface area (TPSA) is 39.9 Å². The van der Waals surface area contributed by atoms with E-state index in [-0.39, 0.29) is 0 Å². The number of nitrogens with zero attached hydrogens (tertiary/aromatic N) is 3. The smallest absolute Gasteiger partial charge is 0.142 e. The number of hydrogen-bond acceptors (Lipinski definition) is 3. The lowest BCUT2D eigenvalue weighted by Crippen LogP contribution is -2.37. The quantitative estimate of drug-likeness (QED) is 0.768. The lowest BCUT2D eigenvalue weighted by Gasteiger charge is -2.34. The summed E-state index contributed by atoms with van der Waals surface area (Å²) in [6.07, 6.45) is 3.96. The van der Waals surface area contributed by atoms with E-state index in [2.05, 4.69) is 43.6 Å².